The van der Waals surface area contributed by atoms with E-state index in [0.29, 0.717) is 5.56 Å². The van der Waals surface area contributed by atoms with E-state index in [1.165, 1.54) is 18.2 Å². The Labute approximate surface area is 188 Å². The molecule has 4 rings (SSSR count). The van der Waals surface area contributed by atoms with Crippen molar-refractivity contribution in [1.29, 1.82) is 0 Å². The summed E-state index contributed by atoms with van der Waals surface area (Å²) in [7, 11) is 0. The molecule has 33 heavy (non-hydrogen) atoms. The van der Waals surface area contributed by atoms with Crippen molar-refractivity contribution in [2.75, 3.05) is 6.61 Å². The Balaban J connectivity index is 1.78. The highest BCUT2D eigenvalue weighted by molar-refractivity contribution is 5.99. The van der Waals surface area contributed by atoms with Gasteiger partial charge in [-0.25, -0.2) is 4.98 Å². The highest BCUT2D eigenvalue weighted by Crippen LogP contribution is 2.31. The molecule has 0 saturated heterocycles. The second-order valence-electron chi connectivity index (χ2n) is 7.75. The average Bonchev–Trinajstić information content (AvgIpc) is 2.82. The van der Waals surface area contributed by atoms with Crippen LogP contribution in [-0.2, 0) is 11.2 Å². The van der Waals surface area contributed by atoms with E-state index in [4.69, 9.17) is 10.2 Å². The van der Waals surface area contributed by atoms with Crippen molar-refractivity contribution >= 4 is 39.2 Å². The molecule has 8 heteroatoms. The summed E-state index contributed by atoms with van der Waals surface area (Å²) in [6, 6.07) is 19.3. The molecule has 2 N–H and O–H groups in total. The number of aliphatic hydroxyl groups is 1. The maximum atomic E-state index is 12.5. The number of pyridine rings is 1. The van der Waals surface area contributed by atoms with E-state index >= 15 is 0 Å². The van der Waals surface area contributed by atoms with Crippen LogP contribution in [0.2, 0.25) is 0 Å². The Bertz CT molecular complexity index is 1340. The molecule has 0 aliphatic carbocycles. The standard InChI is InChI=1S/C25H20N2O6/c28-14-17(25(30)31)13-24(29)16-10-9-15(23(12-16)27(32)33)11-20-18-5-1-3-7-21(18)26-22-8-4-2-6-19(20)22/h1-10,12,17,28H,11,13-14H2,(H,30,31). The van der Waals surface area contributed by atoms with Gasteiger partial charge in [0.1, 0.15) is 0 Å². The molecule has 166 valence electrons. The largest absolute Gasteiger partial charge is 0.481 e. The highest BCUT2D eigenvalue weighted by Gasteiger charge is 2.24. The van der Waals surface area contributed by atoms with Gasteiger partial charge in [0.2, 0.25) is 0 Å². The number of aliphatic hydroxyl groups excluding tert-OH is 1. The molecule has 3 aromatic carbocycles. The van der Waals surface area contributed by atoms with Crippen LogP contribution in [-0.4, -0.2) is 38.5 Å². The van der Waals surface area contributed by atoms with Crippen LogP contribution in [0.1, 0.15) is 27.9 Å². The number of aliphatic carboxylic acids is 1. The molecule has 1 atom stereocenters. The van der Waals surface area contributed by atoms with E-state index in [1.54, 1.807) is 0 Å². The summed E-state index contributed by atoms with van der Waals surface area (Å²) >= 11 is 0. The minimum absolute atomic E-state index is 0.0367. The normalized spacial score (nSPS) is 12.0. The lowest BCUT2D eigenvalue weighted by molar-refractivity contribution is -0.385. The first-order valence-electron chi connectivity index (χ1n) is 10.3. The fourth-order valence-electron chi connectivity index (χ4n) is 3.94. The summed E-state index contributed by atoms with van der Waals surface area (Å²) in [6.45, 7) is -0.691. The Morgan fingerprint density at radius 2 is 1.58 bits per heavy atom. The van der Waals surface area contributed by atoms with Crippen LogP contribution in [0.15, 0.2) is 66.7 Å². The number of nitrogens with zero attached hydrogens (tertiary/aromatic N) is 2. The lowest BCUT2D eigenvalue weighted by Crippen LogP contribution is -2.21. The minimum atomic E-state index is -1.30. The number of Topliss-reactive ketones (excluding diaryl/α,β-unsaturated/α-hetero) is 1. The highest BCUT2D eigenvalue weighted by atomic mass is 16.6. The Kier molecular flexibility index (Phi) is 6.10. The number of ketones is 1. The number of para-hydroxylation sites is 2. The Morgan fingerprint density at radius 1 is 0.970 bits per heavy atom. The molecule has 8 nitrogen and oxygen atoms in total. The number of rotatable bonds is 8. The molecule has 0 aliphatic rings. The quantitative estimate of drug-likeness (QED) is 0.181. The number of carbonyl (C=O) groups is 2. The van der Waals surface area contributed by atoms with Gasteiger partial charge in [-0.1, -0.05) is 48.5 Å². The van der Waals surface area contributed by atoms with Gasteiger partial charge in [-0.15, -0.1) is 0 Å². The number of carboxylic acids is 1. The van der Waals surface area contributed by atoms with Crippen molar-refractivity contribution in [2.24, 2.45) is 5.92 Å². The predicted octanol–water partition coefficient (Wildman–Crippen LogP) is 4.15. The van der Waals surface area contributed by atoms with Gasteiger partial charge in [0.15, 0.2) is 5.78 Å². The summed E-state index contributed by atoms with van der Waals surface area (Å²) < 4.78 is 0. The third-order valence-corrected chi connectivity index (χ3v) is 5.67. The first-order chi connectivity index (χ1) is 15.9. The van der Waals surface area contributed by atoms with Crippen LogP contribution in [0.25, 0.3) is 21.8 Å². The SMILES string of the molecule is O=C(CC(CO)C(=O)O)c1ccc(Cc2c3ccccc3nc3ccccc23)c([N+](=O)[O-])c1. The van der Waals surface area contributed by atoms with Crippen LogP contribution < -0.4 is 0 Å². The van der Waals surface area contributed by atoms with Gasteiger partial charge < -0.3 is 10.2 Å². The molecule has 1 heterocycles. The van der Waals surface area contributed by atoms with Gasteiger partial charge in [0.05, 0.1) is 28.5 Å². The summed E-state index contributed by atoms with van der Waals surface area (Å²) in [5.41, 5.74) is 2.70. The summed E-state index contributed by atoms with van der Waals surface area (Å²) in [4.78, 5) is 39.6. The van der Waals surface area contributed by atoms with Crippen molar-refractivity contribution in [2.45, 2.75) is 12.8 Å². The number of nitro groups is 1. The third kappa shape index (κ3) is 4.42. The number of carboxylic acid groups (broad SMARTS) is 1. The van der Waals surface area contributed by atoms with Gasteiger partial charge in [0.25, 0.3) is 5.69 Å². The van der Waals surface area contributed by atoms with Crippen molar-refractivity contribution in [1.82, 2.24) is 4.98 Å². The van der Waals surface area contributed by atoms with Crippen LogP contribution in [0.4, 0.5) is 5.69 Å². The van der Waals surface area contributed by atoms with Crippen molar-refractivity contribution in [3.63, 3.8) is 0 Å². The first-order valence-corrected chi connectivity index (χ1v) is 10.3. The second-order valence-corrected chi connectivity index (χ2v) is 7.75. The molecule has 0 saturated carbocycles. The summed E-state index contributed by atoms with van der Waals surface area (Å²) in [6.07, 6.45) is -0.190. The molecule has 4 aromatic rings. The van der Waals surface area contributed by atoms with E-state index in [-0.39, 0.29) is 17.7 Å². The molecule has 0 radical (unpaired) electrons. The third-order valence-electron chi connectivity index (χ3n) is 5.67. The molecule has 0 spiro atoms. The van der Waals surface area contributed by atoms with E-state index in [1.807, 2.05) is 48.5 Å². The van der Waals surface area contributed by atoms with Gasteiger partial charge in [-0.3, -0.25) is 19.7 Å². The summed E-state index contributed by atoms with van der Waals surface area (Å²) in [5.74, 6) is -3.13. The molecule has 0 fully saturated rings. The number of fused-ring (bicyclic) bond motifs is 2. The number of nitro benzene ring substituents is 1. The molecule has 0 amide bonds. The number of hydrogen-bond donors (Lipinski definition) is 2. The van der Waals surface area contributed by atoms with Gasteiger partial charge in [0, 0.05) is 40.8 Å². The maximum absolute atomic E-state index is 12.5. The topological polar surface area (TPSA) is 131 Å². The van der Waals surface area contributed by atoms with E-state index < -0.39 is 35.6 Å². The maximum Gasteiger partial charge on any atom is 0.309 e. The molecule has 0 bridgehead atoms. The average molecular weight is 444 g/mol. The fraction of sp³-hybridized carbons (Fsp3) is 0.160. The van der Waals surface area contributed by atoms with Gasteiger partial charge >= 0.3 is 5.97 Å². The first kappa shape index (κ1) is 22.0. The Morgan fingerprint density at radius 3 is 2.12 bits per heavy atom. The molecular formula is C25H20N2O6. The molecular weight excluding hydrogens is 424 g/mol. The van der Waals surface area contributed by atoms with Crippen LogP contribution >= 0.6 is 0 Å². The number of carbonyl (C=O) groups excluding carboxylic acids is 1. The van der Waals surface area contributed by atoms with Crippen LogP contribution in [0.5, 0.6) is 0 Å². The zero-order valence-electron chi connectivity index (χ0n) is 17.5. The number of aromatic nitrogens is 1. The van der Waals surface area contributed by atoms with Crippen molar-refractivity contribution in [3.05, 3.63) is 93.5 Å². The minimum Gasteiger partial charge on any atom is -0.481 e. The fourth-order valence-corrected chi connectivity index (χ4v) is 3.94. The monoisotopic (exact) mass is 444 g/mol. The molecule has 0 aliphatic heterocycles. The number of benzene rings is 3. The van der Waals surface area contributed by atoms with Crippen LogP contribution in [0, 0.1) is 16.0 Å². The lowest BCUT2D eigenvalue weighted by atomic mass is 9.93. The lowest BCUT2D eigenvalue weighted by Gasteiger charge is -2.12. The second kappa shape index (κ2) is 9.13. The predicted molar refractivity (Wildman–Crippen MR) is 122 cm³/mol. The van der Waals surface area contributed by atoms with E-state index in [9.17, 15) is 19.7 Å². The van der Waals surface area contributed by atoms with Crippen molar-refractivity contribution < 1.29 is 24.7 Å². The van der Waals surface area contributed by atoms with Crippen molar-refractivity contribution in [3.8, 4) is 0 Å². The zero-order valence-corrected chi connectivity index (χ0v) is 17.5. The molecule has 1 unspecified atom stereocenters. The zero-order chi connectivity index (χ0) is 23.5. The van der Waals surface area contributed by atoms with E-state index in [2.05, 4.69) is 4.98 Å². The smallest absolute Gasteiger partial charge is 0.309 e. The molecule has 1 aromatic heterocycles. The number of hydrogen-bond acceptors (Lipinski definition) is 6. The van der Waals surface area contributed by atoms with Gasteiger partial charge in [-0.2, -0.15) is 0 Å². The van der Waals surface area contributed by atoms with Crippen LogP contribution in [0.3, 0.4) is 0 Å². The van der Waals surface area contributed by atoms with Gasteiger partial charge in [-0.05, 0) is 17.7 Å². The summed E-state index contributed by atoms with van der Waals surface area (Å²) in [5, 5.41) is 31.9. The van der Waals surface area contributed by atoms with E-state index in [0.717, 1.165) is 27.4 Å². The Hall–Kier alpha value is -4.17.